The van der Waals surface area contributed by atoms with Crippen LogP contribution in [-0.2, 0) is 12.2 Å². The van der Waals surface area contributed by atoms with Gasteiger partial charge in [0.2, 0.25) is 0 Å². The van der Waals surface area contributed by atoms with Crippen LogP contribution in [0, 0.1) is 0 Å². The lowest BCUT2D eigenvalue weighted by molar-refractivity contribution is 0.0685. The molecule has 2 rings (SSSR count). The van der Waals surface area contributed by atoms with Gasteiger partial charge in [0.05, 0.1) is 0 Å². The van der Waals surface area contributed by atoms with E-state index in [0.29, 0.717) is 5.75 Å². The van der Waals surface area contributed by atoms with E-state index in [4.69, 9.17) is 9.63 Å². The summed E-state index contributed by atoms with van der Waals surface area (Å²) in [4.78, 5) is 10.6. The van der Waals surface area contributed by atoms with Gasteiger partial charge in [-0.2, -0.15) is 11.8 Å². The van der Waals surface area contributed by atoms with Crippen LogP contribution in [0.2, 0.25) is 0 Å². The second-order valence-corrected chi connectivity index (χ2v) is 3.65. The van der Waals surface area contributed by atoms with Crippen molar-refractivity contribution in [1.29, 1.82) is 0 Å². The molecule has 1 aromatic rings. The summed E-state index contributed by atoms with van der Waals surface area (Å²) >= 11 is 1.71. The zero-order valence-corrected chi connectivity index (χ0v) is 7.06. The number of carboxylic acid groups (broad SMARTS) is 1. The molecule has 0 radical (unpaired) electrons. The number of carbonyl (C=O) groups is 1. The average Bonchev–Trinajstić information content (AvgIpc) is 2.47. The van der Waals surface area contributed by atoms with E-state index in [1.54, 1.807) is 11.8 Å². The number of nitrogens with zero attached hydrogens (tertiary/aromatic N) is 1. The van der Waals surface area contributed by atoms with E-state index in [1.807, 2.05) is 0 Å². The maximum absolute atomic E-state index is 10.6. The first-order chi connectivity index (χ1) is 5.79. The Kier molecular flexibility index (Phi) is 1.80. The van der Waals surface area contributed by atoms with E-state index in [9.17, 15) is 4.79 Å². The fourth-order valence-corrected chi connectivity index (χ4v) is 2.17. The molecule has 0 saturated carbocycles. The van der Waals surface area contributed by atoms with E-state index >= 15 is 0 Å². The predicted octanol–water partition coefficient (Wildman–Crippen LogP) is 1.16. The second-order valence-electron chi connectivity index (χ2n) is 2.54. The zero-order valence-electron chi connectivity index (χ0n) is 6.24. The van der Waals surface area contributed by atoms with Gasteiger partial charge in [-0.15, -0.1) is 0 Å². The molecule has 0 unspecified atom stereocenters. The lowest BCUT2D eigenvalue weighted by atomic mass is 10.2. The highest BCUT2D eigenvalue weighted by molar-refractivity contribution is 7.98. The third kappa shape index (κ3) is 1.10. The van der Waals surface area contributed by atoms with Gasteiger partial charge < -0.3 is 9.63 Å². The number of hydrogen-bond acceptors (Lipinski definition) is 4. The third-order valence-corrected chi connectivity index (χ3v) is 2.78. The van der Waals surface area contributed by atoms with Gasteiger partial charge in [-0.1, -0.05) is 5.16 Å². The number of aromatic carboxylic acids is 1. The quantitative estimate of drug-likeness (QED) is 0.711. The Bertz CT molecular complexity index is 320. The van der Waals surface area contributed by atoms with E-state index < -0.39 is 5.97 Å². The van der Waals surface area contributed by atoms with Crippen LogP contribution in [0.4, 0.5) is 0 Å². The van der Waals surface area contributed by atoms with Gasteiger partial charge in [-0.3, -0.25) is 0 Å². The summed E-state index contributed by atoms with van der Waals surface area (Å²) in [6.45, 7) is 0. The standard InChI is InChI=1S/C7H7NO3S/c9-7(10)6-4-3-12-2-1-5(4)11-8-6/h1-3H2,(H,9,10). The minimum atomic E-state index is -0.998. The largest absolute Gasteiger partial charge is 0.476 e. The molecule has 0 saturated heterocycles. The normalized spacial score (nSPS) is 15.7. The van der Waals surface area contributed by atoms with Crippen LogP contribution in [-0.4, -0.2) is 22.0 Å². The van der Waals surface area contributed by atoms with Gasteiger partial charge in [0.15, 0.2) is 5.69 Å². The number of rotatable bonds is 1. The molecule has 1 N–H and O–H groups in total. The Labute approximate surface area is 72.9 Å². The molecule has 5 heteroatoms. The molecule has 4 nitrogen and oxygen atoms in total. The topological polar surface area (TPSA) is 63.3 Å². The molecule has 1 aromatic heterocycles. The molecule has 0 aliphatic carbocycles. The highest BCUT2D eigenvalue weighted by Gasteiger charge is 2.23. The fourth-order valence-electron chi connectivity index (χ4n) is 1.20. The summed E-state index contributed by atoms with van der Waals surface area (Å²) in [6.07, 6.45) is 0.792. The summed E-state index contributed by atoms with van der Waals surface area (Å²) in [5, 5.41) is 12.2. The van der Waals surface area contributed by atoms with Crippen LogP contribution in [0.5, 0.6) is 0 Å². The van der Waals surface area contributed by atoms with Gasteiger partial charge in [-0.05, 0) is 0 Å². The predicted molar refractivity (Wildman–Crippen MR) is 43.3 cm³/mol. The number of fused-ring (bicyclic) bond motifs is 1. The molecular formula is C7H7NO3S. The van der Waals surface area contributed by atoms with Crippen LogP contribution < -0.4 is 0 Å². The van der Waals surface area contributed by atoms with Gasteiger partial charge in [0.25, 0.3) is 0 Å². The van der Waals surface area contributed by atoms with Crippen molar-refractivity contribution in [2.45, 2.75) is 12.2 Å². The fraction of sp³-hybridized carbons (Fsp3) is 0.429. The van der Waals surface area contributed by atoms with Crippen LogP contribution >= 0.6 is 11.8 Å². The maximum atomic E-state index is 10.6. The minimum absolute atomic E-state index is 0.0807. The lowest BCUT2D eigenvalue weighted by Gasteiger charge is -2.06. The van der Waals surface area contributed by atoms with E-state index in [0.717, 1.165) is 23.5 Å². The van der Waals surface area contributed by atoms with E-state index in [1.165, 1.54) is 0 Å². The Morgan fingerprint density at radius 2 is 2.50 bits per heavy atom. The summed E-state index contributed by atoms with van der Waals surface area (Å²) in [5.74, 6) is 1.44. The molecule has 0 bridgehead atoms. The van der Waals surface area contributed by atoms with Gasteiger partial charge in [-0.25, -0.2) is 4.79 Å². The number of thioether (sulfide) groups is 1. The summed E-state index contributed by atoms with van der Waals surface area (Å²) < 4.78 is 4.90. The maximum Gasteiger partial charge on any atom is 0.358 e. The van der Waals surface area contributed by atoms with E-state index in [-0.39, 0.29) is 5.69 Å². The third-order valence-electron chi connectivity index (χ3n) is 1.79. The highest BCUT2D eigenvalue weighted by atomic mass is 32.2. The summed E-state index contributed by atoms with van der Waals surface area (Å²) in [7, 11) is 0. The van der Waals surface area contributed by atoms with Crippen molar-refractivity contribution >= 4 is 17.7 Å². The van der Waals surface area contributed by atoms with Crippen molar-refractivity contribution in [3.8, 4) is 0 Å². The minimum Gasteiger partial charge on any atom is -0.476 e. The first kappa shape index (κ1) is 7.67. The lowest BCUT2D eigenvalue weighted by Crippen LogP contribution is -2.05. The molecule has 64 valence electrons. The van der Waals surface area contributed by atoms with Gasteiger partial charge >= 0.3 is 5.97 Å². The number of carboxylic acids is 1. The van der Waals surface area contributed by atoms with Crippen LogP contribution in [0.25, 0.3) is 0 Å². The number of aromatic nitrogens is 1. The zero-order chi connectivity index (χ0) is 8.55. The first-order valence-corrected chi connectivity index (χ1v) is 4.73. The first-order valence-electron chi connectivity index (χ1n) is 3.57. The van der Waals surface area contributed by atoms with Crippen LogP contribution in [0.15, 0.2) is 4.52 Å². The summed E-state index contributed by atoms with van der Waals surface area (Å²) in [6, 6.07) is 0. The number of aryl methyl sites for hydroxylation is 1. The van der Waals surface area contributed by atoms with Crippen molar-refractivity contribution in [1.82, 2.24) is 5.16 Å². The number of hydrogen-bond donors (Lipinski definition) is 1. The van der Waals surface area contributed by atoms with Crippen molar-refractivity contribution < 1.29 is 14.4 Å². The van der Waals surface area contributed by atoms with Gasteiger partial charge in [0.1, 0.15) is 5.76 Å². The second kappa shape index (κ2) is 2.82. The van der Waals surface area contributed by atoms with Crippen molar-refractivity contribution in [2.24, 2.45) is 0 Å². The Hall–Kier alpha value is -0.970. The van der Waals surface area contributed by atoms with E-state index in [2.05, 4.69) is 5.16 Å². The van der Waals surface area contributed by atoms with Gasteiger partial charge in [0, 0.05) is 23.5 Å². The van der Waals surface area contributed by atoms with Crippen molar-refractivity contribution in [3.63, 3.8) is 0 Å². The molecular weight excluding hydrogens is 178 g/mol. The summed E-state index contributed by atoms with van der Waals surface area (Å²) in [5.41, 5.74) is 0.843. The average molecular weight is 185 g/mol. The highest BCUT2D eigenvalue weighted by Crippen LogP contribution is 2.26. The molecule has 2 heterocycles. The Morgan fingerprint density at radius 3 is 3.25 bits per heavy atom. The molecule has 1 aliphatic heterocycles. The monoisotopic (exact) mass is 185 g/mol. The molecule has 12 heavy (non-hydrogen) atoms. The molecule has 0 atom stereocenters. The molecule has 0 spiro atoms. The van der Waals surface area contributed by atoms with Crippen molar-refractivity contribution in [3.05, 3.63) is 17.0 Å². The van der Waals surface area contributed by atoms with Crippen molar-refractivity contribution in [2.75, 3.05) is 5.75 Å². The smallest absolute Gasteiger partial charge is 0.358 e. The molecule has 0 aromatic carbocycles. The molecule has 0 amide bonds. The SMILES string of the molecule is O=C(O)c1noc2c1CSCC2. The Morgan fingerprint density at radius 1 is 1.67 bits per heavy atom. The molecule has 0 fully saturated rings. The Balaban J connectivity index is 2.44. The van der Waals surface area contributed by atoms with Crippen LogP contribution in [0.1, 0.15) is 21.8 Å². The molecule has 1 aliphatic rings. The van der Waals surface area contributed by atoms with Crippen LogP contribution in [0.3, 0.4) is 0 Å².